The zero-order chi connectivity index (χ0) is 53.1. The molecule has 5 aliphatic rings. The van der Waals surface area contributed by atoms with Crippen molar-refractivity contribution in [3.05, 3.63) is 255 Å². The van der Waals surface area contributed by atoms with E-state index >= 15 is 0 Å². The highest BCUT2D eigenvalue weighted by Crippen LogP contribution is 2.67. The first kappa shape index (κ1) is 48.2. The normalized spacial score (nSPS) is 17.9. The summed E-state index contributed by atoms with van der Waals surface area (Å²) in [5, 5.41) is 8.37. The zero-order valence-corrected chi connectivity index (χ0v) is 46.7. The summed E-state index contributed by atoms with van der Waals surface area (Å²) in [5.74, 6) is 1.77. The maximum Gasteiger partial charge on any atom is 0.160 e. The van der Waals surface area contributed by atoms with Crippen LogP contribution in [0.1, 0.15) is 132 Å². The topological polar surface area (TPSA) is 25.8 Å². The summed E-state index contributed by atoms with van der Waals surface area (Å²) in [6.45, 7) is 9.33. The van der Waals surface area contributed by atoms with Crippen molar-refractivity contribution in [2.24, 2.45) is 0 Å². The van der Waals surface area contributed by atoms with Gasteiger partial charge in [-0.1, -0.05) is 209 Å². The molecule has 3 unspecified atom stereocenters. The van der Waals surface area contributed by atoms with Crippen molar-refractivity contribution in [3.8, 4) is 56.2 Å². The standard InChI is InChI=1S/C76H64N2S/c1-6-21-46(2)55-34-20-35-61-64-43-53(38-40-57(64)60-32-11-10-22-47(3)69(60)70(55)61)74-71-63-41-39-54(44-67(63)76(68(71)45-79(74)5)65-36-16-14-30-58(65)59-31-15-17-37-66(59)76)75-77-72(52-28-19-27-51(42-52)49-23-8-7-9-24-49)48(4)73(78-75)62-33-13-12-29-56(62)50-25-18-26-50/h7-9,11-17,19-20,22-24,27-46,50,74H,6,10,18,21,25-26H2,1-5H3. The van der Waals surface area contributed by atoms with Crippen molar-refractivity contribution < 1.29 is 0 Å². The number of fused-ring (bicyclic) bond motifs is 15. The molecule has 4 aliphatic carbocycles. The Kier molecular flexibility index (Phi) is 11.5. The van der Waals surface area contributed by atoms with Crippen LogP contribution in [0.3, 0.4) is 0 Å². The van der Waals surface area contributed by atoms with Crippen LogP contribution in [0.4, 0.5) is 0 Å². The molecule has 15 rings (SSSR count). The molecular formula is C76H64N2S. The van der Waals surface area contributed by atoms with Crippen LogP contribution in [0.2, 0.25) is 0 Å². The van der Waals surface area contributed by atoms with Gasteiger partial charge in [0.1, 0.15) is 0 Å². The summed E-state index contributed by atoms with van der Waals surface area (Å²) in [6, 6.07) is 69.3. The van der Waals surface area contributed by atoms with E-state index in [4.69, 9.17) is 9.97 Å². The predicted molar refractivity (Wildman–Crippen MR) is 338 cm³/mol. The van der Waals surface area contributed by atoms with Crippen molar-refractivity contribution in [3.63, 3.8) is 0 Å². The molecule has 1 fully saturated rings. The molecule has 3 heteroatoms. The molecule has 1 aliphatic heterocycles. The van der Waals surface area contributed by atoms with Crippen LogP contribution in [0.15, 0.2) is 200 Å². The van der Waals surface area contributed by atoms with Gasteiger partial charge >= 0.3 is 0 Å². The van der Waals surface area contributed by atoms with Gasteiger partial charge in [0, 0.05) is 22.3 Å². The summed E-state index contributed by atoms with van der Waals surface area (Å²) in [5.41, 5.74) is 27.7. The number of hydrogen-bond acceptors (Lipinski definition) is 2. The van der Waals surface area contributed by atoms with Crippen molar-refractivity contribution >= 4 is 54.6 Å². The van der Waals surface area contributed by atoms with Crippen molar-refractivity contribution in [2.45, 2.75) is 88.7 Å². The van der Waals surface area contributed by atoms with E-state index in [0.29, 0.717) is 11.8 Å². The van der Waals surface area contributed by atoms with Gasteiger partial charge in [-0.3, -0.25) is 0 Å². The minimum atomic E-state index is -0.513. The minimum Gasteiger partial charge on any atom is -0.228 e. The molecule has 0 saturated heterocycles. The van der Waals surface area contributed by atoms with Crippen LogP contribution < -0.4 is 0 Å². The van der Waals surface area contributed by atoms with Crippen LogP contribution in [0.5, 0.6) is 0 Å². The molecule has 0 radical (unpaired) electrons. The predicted octanol–water partition coefficient (Wildman–Crippen LogP) is 20.3. The van der Waals surface area contributed by atoms with E-state index in [9.17, 15) is 0 Å². The van der Waals surface area contributed by atoms with Gasteiger partial charge in [-0.15, -0.1) is 0 Å². The quantitative estimate of drug-likeness (QED) is 0.106. The van der Waals surface area contributed by atoms with Gasteiger partial charge in [0.05, 0.1) is 22.1 Å². The van der Waals surface area contributed by atoms with Gasteiger partial charge in [-0.05, 0) is 192 Å². The lowest BCUT2D eigenvalue weighted by Gasteiger charge is -2.31. The molecule has 10 aromatic rings. The van der Waals surface area contributed by atoms with Gasteiger partial charge < -0.3 is 0 Å². The average Bonchev–Trinajstić information content (AvgIpc) is 1.86. The Morgan fingerprint density at radius 2 is 1.32 bits per heavy atom. The van der Waals surface area contributed by atoms with Crippen LogP contribution in [-0.2, 0) is 5.41 Å². The van der Waals surface area contributed by atoms with E-state index in [1.165, 1.54) is 148 Å². The molecular weight excluding hydrogens is 973 g/mol. The summed E-state index contributed by atoms with van der Waals surface area (Å²) in [4.78, 5) is 11.4. The Morgan fingerprint density at radius 1 is 0.608 bits per heavy atom. The van der Waals surface area contributed by atoms with E-state index in [1.807, 2.05) is 0 Å². The van der Waals surface area contributed by atoms with E-state index in [0.717, 1.165) is 40.3 Å². The van der Waals surface area contributed by atoms with E-state index < -0.39 is 5.41 Å². The molecule has 1 aromatic heterocycles. The smallest absolute Gasteiger partial charge is 0.160 e. The first-order chi connectivity index (χ1) is 38.8. The van der Waals surface area contributed by atoms with Gasteiger partial charge in [-0.25, -0.2) is 9.97 Å². The molecule has 0 N–H and O–H groups in total. The summed E-state index contributed by atoms with van der Waals surface area (Å²) < 4.78 is 0. The fourth-order valence-electron chi connectivity index (χ4n) is 14.9. The summed E-state index contributed by atoms with van der Waals surface area (Å²) in [7, 11) is -0.113. The number of allylic oxidation sites excluding steroid dienone is 4. The van der Waals surface area contributed by atoms with Gasteiger partial charge in [0.15, 0.2) is 5.82 Å². The summed E-state index contributed by atoms with van der Waals surface area (Å²) in [6.07, 6.45) is 16.7. The minimum absolute atomic E-state index is 0.113. The van der Waals surface area contributed by atoms with Crippen LogP contribution in [0.25, 0.3) is 94.9 Å². The zero-order valence-electron chi connectivity index (χ0n) is 45.9. The lowest BCUT2D eigenvalue weighted by Crippen LogP contribution is -2.28. The van der Waals surface area contributed by atoms with Gasteiger partial charge in [0.25, 0.3) is 0 Å². The van der Waals surface area contributed by atoms with Gasteiger partial charge in [-0.2, -0.15) is 10.5 Å². The van der Waals surface area contributed by atoms with Crippen LogP contribution in [-0.4, -0.2) is 21.6 Å². The Hall–Kier alpha value is -7.98. The van der Waals surface area contributed by atoms with Gasteiger partial charge in [0.2, 0.25) is 0 Å². The third kappa shape index (κ3) is 7.28. The molecule has 9 aromatic carbocycles. The highest BCUT2D eigenvalue weighted by molar-refractivity contribution is 8.15. The van der Waals surface area contributed by atoms with Crippen molar-refractivity contribution in [1.82, 2.24) is 9.97 Å². The van der Waals surface area contributed by atoms with Crippen molar-refractivity contribution in [1.29, 1.82) is 0 Å². The molecule has 2 nitrogen and oxygen atoms in total. The fraction of sp³-hybridized carbons (Fsp3) is 0.197. The first-order valence-electron chi connectivity index (χ1n) is 28.9. The Morgan fingerprint density at radius 3 is 2.09 bits per heavy atom. The number of benzene rings is 9. The Labute approximate surface area is 468 Å². The average molecular weight is 1040 g/mol. The number of aromatic nitrogens is 2. The SMILES string of the molecule is CCCC(C)c1cccc2c1c1c(c3ccc(C4C5=C(C=S4C)C4(c6cc(-c7nc(-c8cccc(-c9ccccc9)c8)c(C)c(-c8ccccc8C8CCC8)n7)ccc65)c5ccccc5-c5ccccc54)cc32)C=CCC=C1C. The number of rotatable bonds is 9. The Bertz CT molecular complexity index is 4290. The molecule has 1 spiro atoms. The molecule has 0 bridgehead atoms. The van der Waals surface area contributed by atoms with E-state index in [2.05, 4.69) is 240 Å². The largest absolute Gasteiger partial charge is 0.228 e. The van der Waals surface area contributed by atoms with Crippen LogP contribution in [0, 0.1) is 6.92 Å². The second kappa shape index (κ2) is 18.9. The molecule has 3 atom stereocenters. The molecule has 79 heavy (non-hydrogen) atoms. The lowest BCUT2D eigenvalue weighted by molar-refractivity contribution is 0.420. The third-order valence-corrected chi connectivity index (χ3v) is 20.6. The molecule has 2 heterocycles. The van der Waals surface area contributed by atoms with E-state index in [-0.39, 0.29) is 15.7 Å². The Balaban J connectivity index is 0.961. The molecule has 384 valence electrons. The molecule has 1 saturated carbocycles. The van der Waals surface area contributed by atoms with Crippen LogP contribution >= 0.6 is 10.5 Å². The lowest BCUT2D eigenvalue weighted by atomic mass is 9.70. The first-order valence-corrected chi connectivity index (χ1v) is 30.6. The number of nitrogens with zero attached hydrogens (tertiary/aromatic N) is 2. The maximum atomic E-state index is 5.74. The second-order valence-electron chi connectivity index (χ2n) is 23.1. The van der Waals surface area contributed by atoms with E-state index in [1.54, 1.807) is 0 Å². The number of hydrogen-bond donors (Lipinski definition) is 0. The highest BCUT2D eigenvalue weighted by atomic mass is 32.2. The summed E-state index contributed by atoms with van der Waals surface area (Å²) >= 11 is 0. The highest BCUT2D eigenvalue weighted by Gasteiger charge is 2.55. The van der Waals surface area contributed by atoms with Crippen molar-refractivity contribution in [2.75, 3.05) is 6.26 Å². The monoisotopic (exact) mass is 1040 g/mol. The molecule has 0 amide bonds. The third-order valence-electron chi connectivity index (χ3n) is 18.7. The second-order valence-corrected chi connectivity index (χ2v) is 25.1. The fourth-order valence-corrected chi connectivity index (χ4v) is 16.9. The maximum absolute atomic E-state index is 5.74.